The Morgan fingerprint density at radius 1 is 1.21 bits per heavy atom. The first kappa shape index (κ1) is 26.0. The number of piperazine rings is 1. The number of aliphatic carboxylic acids is 1. The van der Waals surface area contributed by atoms with E-state index in [4.69, 9.17) is 9.84 Å². The molecular formula is C25H29FN6O5S. The zero-order valence-electron chi connectivity index (χ0n) is 21.2. The lowest BCUT2D eigenvalue weighted by Crippen LogP contribution is -2.45. The second-order valence-corrected chi connectivity index (χ2v) is 10.7. The number of pyridine rings is 1. The number of unbranched alkanes of at least 4 members (excludes halogenated alkanes) is 1. The molecule has 11 nitrogen and oxygen atoms in total. The number of carboxylic acids is 1. The SMILES string of the molecule is C[C@H]1COc2c(N3CCN(C)CC3)c(F)cc3c(=O)c(-c4nnc(NC(=O)CCCCC(=O)O)s4)cn1c23. The van der Waals surface area contributed by atoms with Crippen LogP contribution in [0.2, 0.25) is 0 Å². The molecule has 2 N–H and O–H groups in total. The number of likely N-dealkylation sites (N-methyl/N-ethyl adjacent to an activating group) is 1. The number of aromatic nitrogens is 3. The summed E-state index contributed by atoms with van der Waals surface area (Å²) in [4.78, 5) is 40.5. The summed E-state index contributed by atoms with van der Waals surface area (Å²) in [6, 6.07) is 1.19. The van der Waals surface area contributed by atoms with Crippen molar-refractivity contribution in [2.75, 3.05) is 50.1 Å². The first-order valence-corrected chi connectivity index (χ1v) is 13.4. The fraction of sp³-hybridized carbons (Fsp3) is 0.480. The number of halogens is 1. The van der Waals surface area contributed by atoms with E-state index < -0.39 is 11.8 Å². The number of hydrogen-bond donors (Lipinski definition) is 2. The third kappa shape index (κ3) is 5.07. The van der Waals surface area contributed by atoms with Gasteiger partial charge >= 0.3 is 5.97 Å². The maximum absolute atomic E-state index is 15.5. The van der Waals surface area contributed by atoms with Crippen molar-refractivity contribution in [1.29, 1.82) is 0 Å². The molecule has 1 amide bonds. The number of hydrogen-bond acceptors (Lipinski definition) is 9. The van der Waals surface area contributed by atoms with Gasteiger partial charge in [-0.15, -0.1) is 10.2 Å². The van der Waals surface area contributed by atoms with E-state index in [1.807, 2.05) is 23.4 Å². The number of amides is 1. The highest BCUT2D eigenvalue weighted by Gasteiger charge is 2.30. The maximum atomic E-state index is 15.5. The van der Waals surface area contributed by atoms with Gasteiger partial charge in [0.05, 0.1) is 22.5 Å². The average molecular weight is 545 g/mol. The number of benzene rings is 1. The minimum atomic E-state index is -0.900. The van der Waals surface area contributed by atoms with Crippen LogP contribution in [0.25, 0.3) is 21.5 Å². The first-order chi connectivity index (χ1) is 18.2. The molecule has 2 aromatic heterocycles. The molecule has 0 bridgehead atoms. The van der Waals surface area contributed by atoms with Crippen molar-refractivity contribution in [3.63, 3.8) is 0 Å². The van der Waals surface area contributed by atoms with Crippen molar-refractivity contribution in [2.45, 2.75) is 38.6 Å². The summed E-state index contributed by atoms with van der Waals surface area (Å²) in [5.74, 6) is -1.32. The van der Waals surface area contributed by atoms with Crippen molar-refractivity contribution >= 4 is 44.9 Å². The van der Waals surface area contributed by atoms with Crippen molar-refractivity contribution in [1.82, 2.24) is 19.7 Å². The fourth-order valence-corrected chi connectivity index (χ4v) is 5.58. The lowest BCUT2D eigenvalue weighted by molar-refractivity contribution is -0.137. The Morgan fingerprint density at radius 3 is 2.68 bits per heavy atom. The fourth-order valence-electron chi connectivity index (χ4n) is 4.81. The van der Waals surface area contributed by atoms with E-state index in [1.54, 1.807) is 6.20 Å². The second kappa shape index (κ2) is 10.7. The Labute approximate surface area is 221 Å². The van der Waals surface area contributed by atoms with Gasteiger partial charge in [-0.05, 0) is 32.9 Å². The molecule has 1 aromatic carbocycles. The predicted molar refractivity (Wildman–Crippen MR) is 142 cm³/mol. The Hall–Kier alpha value is -3.58. The van der Waals surface area contributed by atoms with Crippen LogP contribution >= 0.6 is 11.3 Å². The van der Waals surface area contributed by atoms with Gasteiger partial charge < -0.3 is 29.5 Å². The van der Waals surface area contributed by atoms with Gasteiger partial charge in [-0.3, -0.25) is 14.4 Å². The summed E-state index contributed by atoms with van der Waals surface area (Å²) in [5.41, 5.74) is 0.833. The largest absolute Gasteiger partial charge is 0.487 e. The molecule has 3 aromatic rings. The molecule has 0 radical (unpaired) electrons. The highest BCUT2D eigenvalue weighted by Crippen LogP contribution is 2.42. The molecule has 13 heteroatoms. The van der Waals surface area contributed by atoms with E-state index in [-0.39, 0.29) is 46.3 Å². The van der Waals surface area contributed by atoms with E-state index in [1.165, 1.54) is 6.07 Å². The van der Waals surface area contributed by atoms with Gasteiger partial charge in [0.1, 0.15) is 12.3 Å². The summed E-state index contributed by atoms with van der Waals surface area (Å²) >= 11 is 1.05. The molecule has 0 aliphatic carbocycles. The van der Waals surface area contributed by atoms with E-state index in [2.05, 4.69) is 20.4 Å². The van der Waals surface area contributed by atoms with Crippen LogP contribution in [0.4, 0.5) is 15.2 Å². The lowest BCUT2D eigenvalue weighted by Gasteiger charge is -2.37. The molecule has 0 unspecified atom stereocenters. The van der Waals surface area contributed by atoms with Crippen LogP contribution in [-0.4, -0.2) is 76.5 Å². The van der Waals surface area contributed by atoms with Gasteiger partial charge in [0.15, 0.2) is 22.0 Å². The van der Waals surface area contributed by atoms with Crippen LogP contribution in [0.15, 0.2) is 17.1 Å². The number of carbonyl (C=O) groups is 2. The van der Waals surface area contributed by atoms with Gasteiger partial charge in [0.2, 0.25) is 11.0 Å². The third-order valence-electron chi connectivity index (χ3n) is 6.91. The molecule has 202 valence electrons. The predicted octanol–water partition coefficient (Wildman–Crippen LogP) is 2.95. The summed E-state index contributed by atoms with van der Waals surface area (Å²) in [6.07, 6.45) is 2.71. The molecular weight excluding hydrogens is 515 g/mol. The number of rotatable bonds is 8. The molecule has 1 saturated heterocycles. The van der Waals surface area contributed by atoms with Crippen LogP contribution in [0.1, 0.15) is 38.6 Å². The monoisotopic (exact) mass is 544 g/mol. The Balaban J connectivity index is 1.46. The van der Waals surface area contributed by atoms with Gasteiger partial charge in [-0.1, -0.05) is 11.3 Å². The average Bonchev–Trinajstić information content (AvgIpc) is 3.33. The van der Waals surface area contributed by atoms with E-state index in [0.717, 1.165) is 24.4 Å². The number of nitrogens with zero attached hydrogens (tertiary/aromatic N) is 5. The molecule has 0 saturated carbocycles. The first-order valence-electron chi connectivity index (χ1n) is 12.6. The van der Waals surface area contributed by atoms with Crippen molar-refractivity contribution in [3.8, 4) is 16.3 Å². The van der Waals surface area contributed by atoms with E-state index >= 15 is 4.39 Å². The third-order valence-corrected chi connectivity index (χ3v) is 7.78. The van der Waals surface area contributed by atoms with Gasteiger partial charge in [-0.2, -0.15) is 0 Å². The van der Waals surface area contributed by atoms with E-state index in [0.29, 0.717) is 54.5 Å². The summed E-state index contributed by atoms with van der Waals surface area (Å²) in [7, 11) is 2.03. The molecule has 1 atom stereocenters. The van der Waals surface area contributed by atoms with Gasteiger partial charge in [0, 0.05) is 45.2 Å². The molecule has 1 fully saturated rings. The van der Waals surface area contributed by atoms with Gasteiger partial charge in [0.25, 0.3) is 0 Å². The number of carboxylic acid groups (broad SMARTS) is 1. The molecule has 38 heavy (non-hydrogen) atoms. The molecule has 5 rings (SSSR count). The second-order valence-electron chi connectivity index (χ2n) is 9.72. The smallest absolute Gasteiger partial charge is 0.303 e. The molecule has 4 heterocycles. The minimum absolute atomic E-state index is 0.00706. The lowest BCUT2D eigenvalue weighted by atomic mass is 10.1. The molecule has 0 spiro atoms. The topological polar surface area (TPSA) is 130 Å². The highest BCUT2D eigenvalue weighted by molar-refractivity contribution is 7.18. The van der Waals surface area contributed by atoms with Crippen molar-refractivity contribution in [3.05, 3.63) is 28.3 Å². The number of ether oxygens (including phenoxy) is 1. The van der Waals surface area contributed by atoms with Crippen LogP contribution in [0, 0.1) is 5.82 Å². The zero-order valence-corrected chi connectivity index (χ0v) is 22.0. The zero-order chi connectivity index (χ0) is 27.0. The van der Waals surface area contributed by atoms with Crippen LogP contribution in [0.3, 0.4) is 0 Å². The van der Waals surface area contributed by atoms with Crippen molar-refractivity contribution in [2.24, 2.45) is 0 Å². The number of anilines is 2. The Morgan fingerprint density at radius 2 is 1.95 bits per heavy atom. The van der Waals surface area contributed by atoms with Crippen molar-refractivity contribution < 1.29 is 23.8 Å². The molecule has 2 aliphatic heterocycles. The van der Waals surface area contributed by atoms with Crippen LogP contribution in [0.5, 0.6) is 5.75 Å². The van der Waals surface area contributed by atoms with Crippen LogP contribution < -0.4 is 20.4 Å². The number of carbonyl (C=O) groups excluding carboxylic acids is 1. The standard InChI is InChI=1S/C25H29FN6O5S/c1-14-13-37-23-20-15(11-17(26)21(23)31-9-7-30(2)8-10-31)22(36)16(12-32(14)20)24-28-29-25(38-24)27-18(33)5-3-4-6-19(34)35/h11-12,14H,3-10,13H2,1-2H3,(H,34,35)(H,27,29,33)/t14-/m0/s1. The Bertz CT molecular complexity index is 1450. The summed E-state index contributed by atoms with van der Waals surface area (Å²) in [5, 5.41) is 20.2. The Kier molecular flexibility index (Phi) is 7.30. The summed E-state index contributed by atoms with van der Waals surface area (Å²) < 4.78 is 23.5. The molecule has 2 aliphatic rings. The van der Waals surface area contributed by atoms with Gasteiger partial charge in [-0.25, -0.2) is 4.39 Å². The van der Waals surface area contributed by atoms with E-state index in [9.17, 15) is 14.4 Å². The normalized spacial score (nSPS) is 17.4. The minimum Gasteiger partial charge on any atom is -0.487 e. The number of nitrogens with one attached hydrogen (secondary N) is 1. The quantitative estimate of drug-likeness (QED) is 0.411. The maximum Gasteiger partial charge on any atom is 0.303 e. The summed E-state index contributed by atoms with van der Waals surface area (Å²) in [6.45, 7) is 5.21. The highest BCUT2D eigenvalue weighted by atomic mass is 32.1. The van der Waals surface area contributed by atoms with Crippen LogP contribution in [-0.2, 0) is 9.59 Å².